The maximum Gasteiger partial charge on any atom is 0.306 e. The maximum atomic E-state index is 12.7. The molecule has 1 aliphatic carbocycles. The maximum absolute atomic E-state index is 12.7. The third-order valence-electron chi connectivity index (χ3n) is 4.61. The molecular formula is C23H25NO4. The standard InChI is InChI=1S/C23H25NO4/c1-23(2,3)28-20(25)10-7-13-24(4)22(27)15-11-12-17-16-8-5-6-9-18(16)21(26)19(17)14-15/h5-6,8-9,11-12,14H,7,10,13H2,1-4H3. The number of nitrogens with zero attached hydrogens (tertiary/aromatic N) is 1. The topological polar surface area (TPSA) is 63.7 Å². The van der Waals surface area contributed by atoms with Crippen LogP contribution in [0.4, 0.5) is 0 Å². The van der Waals surface area contributed by atoms with Crippen LogP contribution in [0.3, 0.4) is 0 Å². The van der Waals surface area contributed by atoms with E-state index in [-0.39, 0.29) is 24.1 Å². The molecule has 0 saturated carbocycles. The first-order valence-electron chi connectivity index (χ1n) is 9.43. The van der Waals surface area contributed by atoms with Gasteiger partial charge in [0.2, 0.25) is 0 Å². The zero-order chi connectivity index (χ0) is 20.5. The Morgan fingerprint density at radius 3 is 2.29 bits per heavy atom. The first-order chi connectivity index (χ1) is 13.2. The largest absolute Gasteiger partial charge is 0.460 e. The Bertz CT molecular complexity index is 940. The number of carbonyl (C=O) groups excluding carboxylic acids is 3. The Hall–Kier alpha value is -2.95. The summed E-state index contributed by atoms with van der Waals surface area (Å²) in [4.78, 5) is 38.7. The molecule has 3 rings (SSSR count). The number of amides is 1. The van der Waals surface area contributed by atoms with Crippen molar-refractivity contribution in [1.82, 2.24) is 4.90 Å². The number of carbonyl (C=O) groups is 3. The zero-order valence-corrected chi connectivity index (χ0v) is 16.7. The van der Waals surface area contributed by atoms with E-state index in [2.05, 4.69) is 0 Å². The van der Waals surface area contributed by atoms with Crippen LogP contribution in [-0.2, 0) is 9.53 Å². The lowest BCUT2D eigenvalue weighted by atomic mass is 10.0. The molecule has 0 radical (unpaired) electrons. The van der Waals surface area contributed by atoms with Crippen molar-refractivity contribution in [2.24, 2.45) is 0 Å². The molecule has 0 aromatic heterocycles. The van der Waals surface area contributed by atoms with Gasteiger partial charge in [0.25, 0.3) is 5.91 Å². The van der Waals surface area contributed by atoms with Gasteiger partial charge < -0.3 is 9.64 Å². The Morgan fingerprint density at radius 2 is 1.61 bits per heavy atom. The molecule has 0 heterocycles. The molecule has 1 amide bonds. The molecule has 0 fully saturated rings. The highest BCUT2D eigenvalue weighted by molar-refractivity contribution is 6.22. The molecule has 0 aliphatic heterocycles. The van der Waals surface area contributed by atoms with Crippen LogP contribution >= 0.6 is 0 Å². The molecule has 0 unspecified atom stereocenters. The molecule has 0 N–H and O–H groups in total. The van der Waals surface area contributed by atoms with E-state index in [9.17, 15) is 14.4 Å². The second-order valence-electron chi connectivity index (χ2n) is 8.05. The zero-order valence-electron chi connectivity index (χ0n) is 16.7. The van der Waals surface area contributed by atoms with Crippen LogP contribution in [0.1, 0.15) is 59.9 Å². The second kappa shape index (κ2) is 7.58. The average Bonchev–Trinajstić information content (AvgIpc) is 2.92. The fourth-order valence-corrected chi connectivity index (χ4v) is 3.34. The number of hydrogen-bond donors (Lipinski definition) is 0. The monoisotopic (exact) mass is 379 g/mol. The normalized spacial score (nSPS) is 12.4. The van der Waals surface area contributed by atoms with Crippen molar-refractivity contribution >= 4 is 17.7 Å². The number of ketones is 1. The fraction of sp³-hybridized carbons (Fsp3) is 0.348. The average molecular weight is 379 g/mol. The van der Waals surface area contributed by atoms with Gasteiger partial charge >= 0.3 is 5.97 Å². The van der Waals surface area contributed by atoms with Crippen molar-refractivity contribution in [1.29, 1.82) is 0 Å². The van der Waals surface area contributed by atoms with Gasteiger partial charge in [-0.25, -0.2) is 0 Å². The van der Waals surface area contributed by atoms with E-state index in [1.54, 1.807) is 24.1 Å². The summed E-state index contributed by atoms with van der Waals surface area (Å²) in [5.41, 5.74) is 2.98. The van der Waals surface area contributed by atoms with Gasteiger partial charge in [-0.1, -0.05) is 30.3 Å². The number of benzene rings is 2. The molecule has 0 atom stereocenters. The van der Waals surface area contributed by atoms with Crippen molar-refractivity contribution in [3.8, 4) is 11.1 Å². The molecule has 1 aliphatic rings. The lowest BCUT2D eigenvalue weighted by molar-refractivity contribution is -0.154. The third kappa shape index (κ3) is 4.14. The van der Waals surface area contributed by atoms with Gasteiger partial charge in [-0.2, -0.15) is 0 Å². The number of ether oxygens (including phenoxy) is 1. The van der Waals surface area contributed by atoms with Gasteiger partial charge in [-0.05, 0) is 50.5 Å². The van der Waals surface area contributed by atoms with Crippen LogP contribution in [0.5, 0.6) is 0 Å². The van der Waals surface area contributed by atoms with E-state index < -0.39 is 5.60 Å². The van der Waals surface area contributed by atoms with Gasteiger partial charge in [0.1, 0.15) is 5.60 Å². The highest BCUT2D eigenvalue weighted by atomic mass is 16.6. The molecule has 0 bridgehead atoms. The number of hydrogen-bond acceptors (Lipinski definition) is 4. The van der Waals surface area contributed by atoms with Gasteiger partial charge in [0.05, 0.1) is 0 Å². The van der Waals surface area contributed by atoms with Crippen LogP contribution in [0.2, 0.25) is 0 Å². The molecule has 146 valence electrons. The molecule has 0 saturated heterocycles. The number of fused-ring (bicyclic) bond motifs is 3. The predicted octanol–water partition coefficient (Wildman–Crippen LogP) is 4.09. The van der Waals surface area contributed by atoms with Gasteiger partial charge in [-0.15, -0.1) is 0 Å². The second-order valence-corrected chi connectivity index (χ2v) is 8.05. The van der Waals surface area contributed by atoms with Gasteiger partial charge in [-0.3, -0.25) is 14.4 Å². The third-order valence-corrected chi connectivity index (χ3v) is 4.61. The van der Waals surface area contributed by atoms with Crippen LogP contribution < -0.4 is 0 Å². The summed E-state index contributed by atoms with van der Waals surface area (Å²) in [6.07, 6.45) is 0.777. The highest BCUT2D eigenvalue weighted by Gasteiger charge is 2.27. The van der Waals surface area contributed by atoms with E-state index in [4.69, 9.17) is 4.74 Å². The van der Waals surface area contributed by atoms with E-state index in [1.165, 1.54) is 0 Å². The minimum absolute atomic E-state index is 0.0483. The van der Waals surface area contributed by atoms with E-state index in [1.807, 2.05) is 51.1 Å². The summed E-state index contributed by atoms with van der Waals surface area (Å²) in [5.74, 6) is -0.488. The lowest BCUT2D eigenvalue weighted by Crippen LogP contribution is -2.29. The summed E-state index contributed by atoms with van der Waals surface area (Å²) in [6.45, 7) is 5.92. The van der Waals surface area contributed by atoms with Crippen molar-refractivity contribution in [3.63, 3.8) is 0 Å². The fourth-order valence-electron chi connectivity index (χ4n) is 3.34. The molecule has 5 heteroatoms. The van der Waals surface area contributed by atoms with Gasteiger partial charge in [0, 0.05) is 36.7 Å². The summed E-state index contributed by atoms with van der Waals surface area (Å²) in [7, 11) is 1.70. The predicted molar refractivity (Wildman–Crippen MR) is 107 cm³/mol. The van der Waals surface area contributed by atoms with Crippen LogP contribution in [0.15, 0.2) is 42.5 Å². The Balaban J connectivity index is 1.64. The lowest BCUT2D eigenvalue weighted by Gasteiger charge is -2.20. The van der Waals surface area contributed by atoms with Crippen molar-refractivity contribution in [3.05, 3.63) is 59.2 Å². The summed E-state index contributed by atoms with van der Waals surface area (Å²) >= 11 is 0. The molecular weight excluding hydrogens is 354 g/mol. The van der Waals surface area contributed by atoms with Crippen LogP contribution in [0.25, 0.3) is 11.1 Å². The minimum atomic E-state index is -0.507. The van der Waals surface area contributed by atoms with E-state index >= 15 is 0 Å². The SMILES string of the molecule is CN(CCCC(=O)OC(C)(C)C)C(=O)c1ccc2c(c1)C(=O)c1ccccc1-2. The Labute approximate surface area is 165 Å². The quantitative estimate of drug-likeness (QED) is 0.626. The molecule has 5 nitrogen and oxygen atoms in total. The number of rotatable bonds is 5. The van der Waals surface area contributed by atoms with Crippen LogP contribution in [0, 0.1) is 0 Å². The minimum Gasteiger partial charge on any atom is -0.460 e. The summed E-state index contributed by atoms with van der Waals surface area (Å²) < 4.78 is 5.28. The number of esters is 1. The molecule has 2 aromatic rings. The first kappa shape index (κ1) is 19.8. The van der Waals surface area contributed by atoms with Crippen molar-refractivity contribution in [2.45, 2.75) is 39.2 Å². The highest BCUT2D eigenvalue weighted by Crippen LogP contribution is 2.36. The summed E-state index contributed by atoms with van der Waals surface area (Å²) in [6, 6.07) is 12.7. The van der Waals surface area contributed by atoms with Gasteiger partial charge in [0.15, 0.2) is 5.78 Å². The van der Waals surface area contributed by atoms with E-state index in [0.717, 1.165) is 11.1 Å². The summed E-state index contributed by atoms with van der Waals surface area (Å²) in [5, 5.41) is 0. The van der Waals surface area contributed by atoms with E-state index in [0.29, 0.717) is 29.7 Å². The molecule has 0 spiro atoms. The Kier molecular flexibility index (Phi) is 5.36. The van der Waals surface area contributed by atoms with Crippen LogP contribution in [-0.4, -0.2) is 41.8 Å². The first-order valence-corrected chi connectivity index (χ1v) is 9.43. The van der Waals surface area contributed by atoms with Crippen molar-refractivity contribution in [2.75, 3.05) is 13.6 Å². The molecule has 2 aromatic carbocycles. The smallest absolute Gasteiger partial charge is 0.306 e. The Morgan fingerprint density at radius 1 is 0.964 bits per heavy atom. The van der Waals surface area contributed by atoms with Crippen molar-refractivity contribution < 1.29 is 19.1 Å². The molecule has 28 heavy (non-hydrogen) atoms.